The van der Waals surface area contributed by atoms with E-state index in [1.54, 1.807) is 38.5 Å². The first-order chi connectivity index (χ1) is 14.6. The number of hydrogen-bond acceptors (Lipinski definition) is 6. The molecule has 1 N–H and O–H groups in total. The normalized spacial score (nSPS) is 16.1. The minimum absolute atomic E-state index is 0.152. The Morgan fingerprint density at radius 2 is 1.77 bits per heavy atom. The second-order valence-electron chi connectivity index (χ2n) is 7.06. The molecule has 1 heterocycles. The number of ether oxygens (including phenoxy) is 3. The Bertz CT molecular complexity index is 882. The summed E-state index contributed by atoms with van der Waals surface area (Å²) in [6.07, 6.45) is 1.77. The zero-order valence-electron chi connectivity index (χ0n) is 17.6. The van der Waals surface area contributed by atoms with Gasteiger partial charge in [-0.2, -0.15) is 0 Å². The first kappa shape index (κ1) is 21.6. The van der Waals surface area contributed by atoms with Gasteiger partial charge in [0.25, 0.3) is 5.91 Å². The number of methoxy groups -OCH3 is 2. The average molecular weight is 412 g/mol. The third-order valence-corrected chi connectivity index (χ3v) is 4.97. The molecule has 160 valence electrons. The van der Waals surface area contributed by atoms with E-state index >= 15 is 0 Å². The maximum Gasteiger partial charge on any atom is 0.251 e. The van der Waals surface area contributed by atoms with Crippen molar-refractivity contribution in [1.29, 1.82) is 0 Å². The predicted octanol–water partition coefficient (Wildman–Crippen LogP) is 2.96. The number of carbonyl (C=O) groups excluding carboxylic acids is 2. The van der Waals surface area contributed by atoms with Crippen LogP contribution in [0.15, 0.2) is 42.5 Å². The lowest BCUT2D eigenvalue weighted by atomic mass is 10.1. The summed E-state index contributed by atoms with van der Waals surface area (Å²) in [5.41, 5.74) is 1.62. The summed E-state index contributed by atoms with van der Waals surface area (Å²) in [5.74, 6) is 1.64. The third kappa shape index (κ3) is 4.91. The lowest BCUT2D eigenvalue weighted by Gasteiger charge is -2.16. The van der Waals surface area contributed by atoms with Gasteiger partial charge in [0.1, 0.15) is 5.75 Å². The molecule has 0 spiro atoms. The van der Waals surface area contributed by atoms with Gasteiger partial charge in [-0.1, -0.05) is 13.0 Å². The molecule has 1 atom stereocenters. The van der Waals surface area contributed by atoms with Gasteiger partial charge in [0.05, 0.1) is 39.0 Å². The molecule has 1 aliphatic heterocycles. The molecule has 0 bridgehead atoms. The molecule has 2 amide bonds. The number of benzene rings is 2. The average Bonchev–Trinajstić information content (AvgIpc) is 3.05. The SMILES string of the molecule is CCCOc1ccc(N2C(=O)C[C@H](NCCc3ccc(OC)c(OC)c3)C2=O)cc1. The van der Waals surface area contributed by atoms with E-state index < -0.39 is 6.04 Å². The lowest BCUT2D eigenvalue weighted by Crippen LogP contribution is -2.39. The molecule has 1 aliphatic rings. The van der Waals surface area contributed by atoms with Crippen LogP contribution in [0.3, 0.4) is 0 Å². The minimum atomic E-state index is -0.520. The molecule has 30 heavy (non-hydrogen) atoms. The number of carbonyl (C=O) groups is 2. The molecule has 1 saturated heterocycles. The summed E-state index contributed by atoms with van der Waals surface area (Å²) in [6.45, 7) is 3.23. The number of amides is 2. The van der Waals surface area contributed by atoms with Crippen molar-refractivity contribution >= 4 is 17.5 Å². The lowest BCUT2D eigenvalue weighted by molar-refractivity contribution is -0.121. The summed E-state index contributed by atoms with van der Waals surface area (Å²) in [6, 6.07) is 12.3. The molecule has 0 aromatic heterocycles. The minimum Gasteiger partial charge on any atom is -0.494 e. The van der Waals surface area contributed by atoms with E-state index in [-0.39, 0.29) is 18.2 Å². The highest BCUT2D eigenvalue weighted by Crippen LogP contribution is 2.28. The van der Waals surface area contributed by atoms with Crippen LogP contribution in [-0.4, -0.2) is 45.2 Å². The second-order valence-corrected chi connectivity index (χ2v) is 7.06. The van der Waals surface area contributed by atoms with E-state index in [0.29, 0.717) is 36.8 Å². The molecule has 0 aliphatic carbocycles. The van der Waals surface area contributed by atoms with Crippen LogP contribution in [0.2, 0.25) is 0 Å². The van der Waals surface area contributed by atoms with Crippen molar-refractivity contribution in [2.45, 2.75) is 32.2 Å². The molecule has 0 radical (unpaired) electrons. The highest BCUT2D eigenvalue weighted by Gasteiger charge is 2.39. The zero-order valence-corrected chi connectivity index (χ0v) is 17.6. The van der Waals surface area contributed by atoms with Crippen molar-refractivity contribution in [1.82, 2.24) is 5.32 Å². The second kappa shape index (κ2) is 10.1. The van der Waals surface area contributed by atoms with Crippen molar-refractivity contribution < 1.29 is 23.8 Å². The van der Waals surface area contributed by atoms with Gasteiger partial charge in [0, 0.05) is 0 Å². The fraction of sp³-hybridized carbons (Fsp3) is 0.391. The number of anilines is 1. The maximum absolute atomic E-state index is 12.8. The quantitative estimate of drug-likeness (QED) is 0.605. The molecule has 3 rings (SSSR count). The van der Waals surface area contributed by atoms with Gasteiger partial charge >= 0.3 is 0 Å². The van der Waals surface area contributed by atoms with E-state index in [9.17, 15) is 9.59 Å². The summed E-state index contributed by atoms with van der Waals surface area (Å²) < 4.78 is 16.1. The Morgan fingerprint density at radius 3 is 2.43 bits per heavy atom. The molecule has 2 aromatic rings. The molecule has 0 saturated carbocycles. The topological polar surface area (TPSA) is 77.1 Å². The maximum atomic E-state index is 12.8. The van der Waals surface area contributed by atoms with Gasteiger partial charge < -0.3 is 19.5 Å². The van der Waals surface area contributed by atoms with Crippen LogP contribution in [0.4, 0.5) is 5.69 Å². The summed E-state index contributed by atoms with van der Waals surface area (Å²) in [5, 5.41) is 3.21. The van der Waals surface area contributed by atoms with Crippen molar-refractivity contribution in [2.24, 2.45) is 0 Å². The number of nitrogens with zero attached hydrogens (tertiary/aromatic N) is 1. The van der Waals surface area contributed by atoms with Crippen molar-refractivity contribution in [2.75, 3.05) is 32.3 Å². The first-order valence-corrected chi connectivity index (χ1v) is 10.1. The highest BCUT2D eigenvalue weighted by atomic mass is 16.5. The van der Waals surface area contributed by atoms with Gasteiger partial charge in [0.2, 0.25) is 5.91 Å². The third-order valence-electron chi connectivity index (χ3n) is 4.97. The molecule has 2 aromatic carbocycles. The predicted molar refractivity (Wildman–Crippen MR) is 114 cm³/mol. The van der Waals surface area contributed by atoms with Crippen LogP contribution < -0.4 is 24.4 Å². The van der Waals surface area contributed by atoms with Crippen LogP contribution >= 0.6 is 0 Å². The number of rotatable bonds is 10. The molecule has 0 unspecified atom stereocenters. The Morgan fingerprint density at radius 1 is 1.03 bits per heavy atom. The van der Waals surface area contributed by atoms with Gasteiger partial charge in [-0.3, -0.25) is 9.59 Å². The Balaban J connectivity index is 1.57. The van der Waals surface area contributed by atoms with Crippen LogP contribution in [-0.2, 0) is 16.0 Å². The van der Waals surface area contributed by atoms with Crippen molar-refractivity contribution in [3.8, 4) is 17.2 Å². The largest absolute Gasteiger partial charge is 0.494 e. The van der Waals surface area contributed by atoms with Crippen LogP contribution in [0.5, 0.6) is 17.2 Å². The smallest absolute Gasteiger partial charge is 0.251 e. The zero-order chi connectivity index (χ0) is 21.5. The fourth-order valence-electron chi connectivity index (χ4n) is 3.40. The fourth-order valence-corrected chi connectivity index (χ4v) is 3.40. The molecule has 1 fully saturated rings. The van der Waals surface area contributed by atoms with Crippen LogP contribution in [0.25, 0.3) is 0 Å². The highest BCUT2D eigenvalue weighted by molar-refractivity contribution is 6.22. The summed E-state index contributed by atoms with van der Waals surface area (Å²) >= 11 is 0. The molecular formula is C23H28N2O5. The van der Waals surface area contributed by atoms with E-state index in [2.05, 4.69) is 5.32 Å². The van der Waals surface area contributed by atoms with E-state index in [0.717, 1.165) is 17.7 Å². The number of nitrogens with one attached hydrogen (secondary N) is 1. The molecule has 7 nitrogen and oxygen atoms in total. The number of hydrogen-bond donors (Lipinski definition) is 1. The Labute approximate surface area is 176 Å². The summed E-state index contributed by atoms with van der Waals surface area (Å²) in [7, 11) is 3.19. The van der Waals surface area contributed by atoms with E-state index in [1.165, 1.54) is 4.90 Å². The monoisotopic (exact) mass is 412 g/mol. The van der Waals surface area contributed by atoms with Gasteiger partial charge in [-0.25, -0.2) is 4.90 Å². The van der Waals surface area contributed by atoms with Gasteiger partial charge in [-0.15, -0.1) is 0 Å². The van der Waals surface area contributed by atoms with E-state index in [1.807, 2.05) is 25.1 Å². The first-order valence-electron chi connectivity index (χ1n) is 10.1. The Hall–Kier alpha value is -3.06. The Kier molecular flexibility index (Phi) is 7.30. The van der Waals surface area contributed by atoms with Crippen LogP contribution in [0, 0.1) is 0 Å². The van der Waals surface area contributed by atoms with Gasteiger partial charge in [-0.05, 0) is 61.3 Å². The summed E-state index contributed by atoms with van der Waals surface area (Å²) in [4.78, 5) is 26.5. The van der Waals surface area contributed by atoms with Crippen molar-refractivity contribution in [3.05, 3.63) is 48.0 Å². The molecular weight excluding hydrogens is 384 g/mol. The van der Waals surface area contributed by atoms with E-state index in [4.69, 9.17) is 14.2 Å². The number of imide groups is 1. The van der Waals surface area contributed by atoms with Crippen LogP contribution in [0.1, 0.15) is 25.3 Å². The van der Waals surface area contributed by atoms with Crippen molar-refractivity contribution in [3.63, 3.8) is 0 Å². The molecule has 7 heteroatoms. The standard InChI is InChI=1S/C23H28N2O5/c1-4-13-30-18-8-6-17(7-9-18)25-22(26)15-19(23(25)27)24-12-11-16-5-10-20(28-2)21(14-16)29-3/h5-10,14,19,24H,4,11-13,15H2,1-3H3/t19-/m0/s1. The van der Waals surface area contributed by atoms with Gasteiger partial charge in [0.15, 0.2) is 11.5 Å².